The Balaban J connectivity index is 1.80. The maximum absolute atomic E-state index is 12.8. The Morgan fingerprint density at radius 3 is 2.67 bits per heavy atom. The van der Waals surface area contributed by atoms with Gasteiger partial charge in [-0.15, -0.1) is 0 Å². The lowest BCUT2D eigenvalue weighted by Crippen LogP contribution is -2.34. The van der Waals surface area contributed by atoms with Crippen LogP contribution in [0.3, 0.4) is 0 Å². The first-order valence-corrected chi connectivity index (χ1v) is 11.9. The first-order valence-electron chi connectivity index (χ1n) is 10.4. The molecule has 0 bridgehead atoms. The van der Waals surface area contributed by atoms with E-state index in [1.807, 2.05) is 0 Å². The van der Waals surface area contributed by atoms with Crippen molar-refractivity contribution in [2.45, 2.75) is 49.5 Å². The molecule has 0 aliphatic heterocycles. The molecule has 1 aliphatic carbocycles. The number of nitro benzene ring substituents is 1. The summed E-state index contributed by atoms with van der Waals surface area (Å²) in [5, 5.41) is 24.1. The number of aliphatic hydroxyl groups is 1. The molecule has 2 aromatic rings. The average Bonchev–Trinajstić information content (AvgIpc) is 3.17. The smallest absolute Gasteiger partial charge is 0.293 e. The zero-order valence-electron chi connectivity index (χ0n) is 18.6. The molecule has 1 amide bonds. The molecule has 0 fully saturated rings. The molecule has 0 saturated carbocycles. The molecule has 0 saturated heterocycles. The summed E-state index contributed by atoms with van der Waals surface area (Å²) < 4.78 is 33.0. The number of carbonyl (C=O) groups is 1. The second-order valence-corrected chi connectivity index (χ2v) is 10.2. The number of methoxy groups -OCH3 is 1. The standard InChI is InChI=1S/C22H27N3O7S/c1-22(2,27)11-12-23-18-10-7-14(13-19(18)25(28)29)33(30,31)24-21(26)17-9-8-16-15(17)5-4-6-20(16)32-3/h4-7,10,13,17,23,27H,8-9,11-12H2,1-3H3,(H,24,26). The minimum Gasteiger partial charge on any atom is -0.496 e. The van der Waals surface area contributed by atoms with Gasteiger partial charge in [0.1, 0.15) is 11.4 Å². The third kappa shape index (κ3) is 5.60. The summed E-state index contributed by atoms with van der Waals surface area (Å²) in [5.41, 5.74) is 0.288. The van der Waals surface area contributed by atoms with Gasteiger partial charge in [0, 0.05) is 12.6 Å². The maximum Gasteiger partial charge on any atom is 0.293 e. The van der Waals surface area contributed by atoms with Crippen molar-refractivity contribution in [3.8, 4) is 5.75 Å². The second-order valence-electron chi connectivity index (χ2n) is 8.51. The lowest BCUT2D eigenvalue weighted by Gasteiger charge is -2.17. The lowest BCUT2D eigenvalue weighted by atomic mass is 10.0. The normalized spacial score (nSPS) is 15.6. The van der Waals surface area contributed by atoms with Gasteiger partial charge in [0.15, 0.2) is 0 Å². The number of sulfonamides is 1. The van der Waals surface area contributed by atoms with Gasteiger partial charge in [-0.25, -0.2) is 13.1 Å². The Labute approximate surface area is 192 Å². The molecular weight excluding hydrogens is 450 g/mol. The van der Waals surface area contributed by atoms with Crippen molar-refractivity contribution in [1.29, 1.82) is 0 Å². The Bertz CT molecular complexity index is 1170. The Morgan fingerprint density at radius 2 is 2.03 bits per heavy atom. The number of anilines is 1. The zero-order chi connectivity index (χ0) is 24.4. The summed E-state index contributed by atoms with van der Waals surface area (Å²) in [5.74, 6) is -0.714. The summed E-state index contributed by atoms with van der Waals surface area (Å²) in [4.78, 5) is 23.2. The van der Waals surface area contributed by atoms with Crippen LogP contribution in [0.15, 0.2) is 41.3 Å². The van der Waals surface area contributed by atoms with Gasteiger partial charge in [-0.3, -0.25) is 14.9 Å². The number of hydrogen-bond acceptors (Lipinski definition) is 8. The molecule has 3 rings (SSSR count). The molecule has 0 aromatic heterocycles. The fourth-order valence-corrected chi connectivity index (χ4v) is 4.87. The van der Waals surface area contributed by atoms with Gasteiger partial charge in [0.05, 0.1) is 28.4 Å². The van der Waals surface area contributed by atoms with Crippen molar-refractivity contribution < 1.29 is 28.0 Å². The van der Waals surface area contributed by atoms with E-state index in [2.05, 4.69) is 10.0 Å². The van der Waals surface area contributed by atoms with Crippen LogP contribution >= 0.6 is 0 Å². The van der Waals surface area contributed by atoms with Crippen molar-refractivity contribution in [2.75, 3.05) is 19.0 Å². The maximum atomic E-state index is 12.8. The minimum atomic E-state index is -4.33. The lowest BCUT2D eigenvalue weighted by molar-refractivity contribution is -0.384. The number of amides is 1. The molecule has 1 atom stereocenters. The van der Waals surface area contributed by atoms with Gasteiger partial charge >= 0.3 is 0 Å². The van der Waals surface area contributed by atoms with Crippen LogP contribution in [0.1, 0.15) is 43.7 Å². The topological polar surface area (TPSA) is 148 Å². The van der Waals surface area contributed by atoms with Crippen LogP contribution in [-0.2, 0) is 21.2 Å². The first-order chi connectivity index (χ1) is 15.4. The van der Waals surface area contributed by atoms with Crippen molar-refractivity contribution in [2.24, 2.45) is 0 Å². The summed E-state index contributed by atoms with van der Waals surface area (Å²) in [6.45, 7) is 3.47. The predicted molar refractivity (Wildman–Crippen MR) is 122 cm³/mol. The summed E-state index contributed by atoms with van der Waals surface area (Å²) >= 11 is 0. The predicted octanol–water partition coefficient (Wildman–Crippen LogP) is 2.71. The van der Waals surface area contributed by atoms with Gasteiger partial charge in [-0.2, -0.15) is 0 Å². The van der Waals surface area contributed by atoms with Crippen LogP contribution in [0.25, 0.3) is 0 Å². The van der Waals surface area contributed by atoms with E-state index in [0.29, 0.717) is 30.6 Å². The van der Waals surface area contributed by atoms with Crippen LogP contribution in [0, 0.1) is 10.1 Å². The molecule has 10 nitrogen and oxygen atoms in total. The van der Waals surface area contributed by atoms with Crippen LogP contribution in [0.2, 0.25) is 0 Å². The van der Waals surface area contributed by atoms with Crippen LogP contribution in [0.4, 0.5) is 11.4 Å². The number of hydrogen-bond donors (Lipinski definition) is 3. The van der Waals surface area contributed by atoms with Gasteiger partial charge in [0.2, 0.25) is 5.91 Å². The minimum absolute atomic E-state index is 0.117. The molecule has 1 unspecified atom stereocenters. The Morgan fingerprint density at radius 1 is 1.30 bits per heavy atom. The van der Waals surface area contributed by atoms with Crippen molar-refractivity contribution in [3.63, 3.8) is 0 Å². The van der Waals surface area contributed by atoms with E-state index in [1.54, 1.807) is 32.0 Å². The summed E-state index contributed by atoms with van der Waals surface area (Å²) in [7, 11) is -2.80. The van der Waals surface area contributed by atoms with Crippen LogP contribution in [-0.4, -0.2) is 43.6 Å². The summed E-state index contributed by atoms with van der Waals surface area (Å²) in [6.07, 6.45) is 1.34. The number of nitro groups is 1. The molecule has 1 aliphatic rings. The monoisotopic (exact) mass is 477 g/mol. The van der Waals surface area contributed by atoms with Crippen LogP contribution in [0.5, 0.6) is 5.75 Å². The van der Waals surface area contributed by atoms with Gasteiger partial charge in [-0.1, -0.05) is 12.1 Å². The first kappa shape index (κ1) is 24.5. The van der Waals surface area contributed by atoms with E-state index in [1.165, 1.54) is 19.2 Å². The third-order valence-electron chi connectivity index (χ3n) is 5.53. The number of carbonyl (C=O) groups excluding carboxylic acids is 1. The SMILES string of the molecule is COc1cccc2c1CCC2C(=O)NS(=O)(=O)c1ccc(NCCC(C)(C)O)c([N+](=O)[O-])c1. The molecule has 178 valence electrons. The van der Waals surface area contributed by atoms with Gasteiger partial charge < -0.3 is 15.2 Å². The van der Waals surface area contributed by atoms with E-state index < -0.39 is 38.1 Å². The highest BCUT2D eigenvalue weighted by Crippen LogP contribution is 2.38. The summed E-state index contributed by atoms with van der Waals surface area (Å²) in [6, 6.07) is 8.67. The number of fused-ring (bicyclic) bond motifs is 1. The highest BCUT2D eigenvalue weighted by Gasteiger charge is 2.33. The fourth-order valence-electron chi connectivity index (χ4n) is 3.83. The van der Waals surface area contributed by atoms with E-state index in [-0.39, 0.29) is 17.1 Å². The number of benzene rings is 2. The molecule has 0 radical (unpaired) electrons. The average molecular weight is 478 g/mol. The number of nitrogens with one attached hydrogen (secondary N) is 2. The molecule has 0 heterocycles. The Kier molecular flexibility index (Phi) is 6.94. The van der Waals surface area contributed by atoms with Gasteiger partial charge in [-0.05, 0) is 62.4 Å². The van der Waals surface area contributed by atoms with E-state index in [0.717, 1.165) is 11.6 Å². The zero-order valence-corrected chi connectivity index (χ0v) is 19.4. The number of nitrogens with zero attached hydrogens (tertiary/aromatic N) is 1. The third-order valence-corrected chi connectivity index (χ3v) is 6.87. The van der Waals surface area contributed by atoms with E-state index in [4.69, 9.17) is 4.74 Å². The molecule has 2 aromatic carbocycles. The molecule has 11 heteroatoms. The van der Waals surface area contributed by atoms with E-state index in [9.17, 15) is 28.4 Å². The highest BCUT2D eigenvalue weighted by atomic mass is 32.2. The fraction of sp³-hybridized carbons (Fsp3) is 0.409. The molecule has 0 spiro atoms. The number of rotatable bonds is 9. The van der Waals surface area contributed by atoms with Crippen molar-refractivity contribution in [1.82, 2.24) is 4.72 Å². The Hall–Kier alpha value is -3.18. The van der Waals surface area contributed by atoms with Crippen molar-refractivity contribution >= 4 is 27.3 Å². The van der Waals surface area contributed by atoms with Crippen LogP contribution < -0.4 is 14.8 Å². The van der Waals surface area contributed by atoms with E-state index >= 15 is 0 Å². The largest absolute Gasteiger partial charge is 0.496 e. The van der Waals surface area contributed by atoms with Gasteiger partial charge in [0.25, 0.3) is 15.7 Å². The highest BCUT2D eigenvalue weighted by molar-refractivity contribution is 7.90. The molecule has 3 N–H and O–H groups in total. The molecular formula is C22H27N3O7S. The molecule has 33 heavy (non-hydrogen) atoms. The second kappa shape index (κ2) is 9.36. The quantitative estimate of drug-likeness (QED) is 0.369. The number of ether oxygens (including phenoxy) is 1. The van der Waals surface area contributed by atoms with Crippen molar-refractivity contribution in [3.05, 3.63) is 57.6 Å².